The lowest BCUT2D eigenvalue weighted by molar-refractivity contribution is 0.279. The monoisotopic (exact) mass is 447 g/mol. The first-order valence-electron chi connectivity index (χ1n) is 9.45. The highest BCUT2D eigenvalue weighted by Crippen LogP contribution is 2.36. The highest BCUT2D eigenvalue weighted by molar-refractivity contribution is 9.10. The highest BCUT2D eigenvalue weighted by Gasteiger charge is 2.36. The minimum Gasteiger partial charge on any atom is -0.417 e. The van der Waals surface area contributed by atoms with Crippen LogP contribution in [-0.2, 0) is 17.4 Å². The summed E-state index contributed by atoms with van der Waals surface area (Å²) >= 11 is 3.46. The Bertz CT molecular complexity index is 802. The Morgan fingerprint density at radius 3 is 2.63 bits per heavy atom. The van der Waals surface area contributed by atoms with E-state index in [0.29, 0.717) is 5.56 Å². The van der Waals surface area contributed by atoms with Gasteiger partial charge in [0.2, 0.25) is 0 Å². The Labute approximate surface area is 172 Å². The molecule has 6 heteroatoms. The van der Waals surface area contributed by atoms with Gasteiger partial charge in [-0.25, -0.2) is 4.98 Å². The van der Waals surface area contributed by atoms with Crippen molar-refractivity contribution in [2.75, 3.05) is 6.61 Å². The fourth-order valence-corrected chi connectivity index (χ4v) is 4.20. The van der Waals surface area contributed by atoms with Crippen LogP contribution in [0.15, 0.2) is 35.2 Å². The van der Waals surface area contributed by atoms with Crippen LogP contribution < -0.4 is 0 Å². The molecule has 2 rings (SSSR count). The van der Waals surface area contributed by atoms with Crippen molar-refractivity contribution in [2.45, 2.75) is 64.7 Å². The van der Waals surface area contributed by atoms with Gasteiger partial charge in [0.25, 0.3) is 0 Å². The van der Waals surface area contributed by atoms with Crippen LogP contribution in [0.25, 0.3) is 0 Å². The lowest BCUT2D eigenvalue weighted by atomic mass is 10.1. The molecule has 0 aliphatic carbocycles. The smallest absolute Gasteiger partial charge is 0.191 e. The van der Waals surface area contributed by atoms with E-state index in [2.05, 4.69) is 65.4 Å². The van der Waals surface area contributed by atoms with Crippen molar-refractivity contribution in [3.05, 3.63) is 52.0 Å². The Balaban J connectivity index is 1.85. The van der Waals surface area contributed by atoms with Crippen LogP contribution in [0, 0.1) is 11.3 Å². The molecule has 0 saturated heterocycles. The minimum atomic E-state index is -1.64. The first-order chi connectivity index (χ1) is 12.6. The Hall–Kier alpha value is -1.42. The van der Waals surface area contributed by atoms with Crippen LogP contribution in [0.2, 0.25) is 18.1 Å². The number of aryl methyl sites for hydroxylation is 1. The SMILES string of the molecule is CC(C)(C)[Si](C)(C)OCCCCc1cncn1Cc1ccc(C#N)c(Br)c1. The van der Waals surface area contributed by atoms with E-state index < -0.39 is 8.32 Å². The van der Waals surface area contributed by atoms with E-state index in [1.807, 2.05) is 30.7 Å². The predicted octanol–water partition coefficient (Wildman–Crippen LogP) is 5.91. The second-order valence-electron chi connectivity index (χ2n) is 8.50. The fourth-order valence-electron chi connectivity index (χ4n) is 2.60. The number of hydrogen-bond donors (Lipinski definition) is 0. The van der Waals surface area contributed by atoms with E-state index in [4.69, 9.17) is 9.69 Å². The molecule has 0 bridgehead atoms. The van der Waals surface area contributed by atoms with Gasteiger partial charge in [-0.1, -0.05) is 26.8 Å². The average molecular weight is 448 g/mol. The highest BCUT2D eigenvalue weighted by atomic mass is 79.9. The van der Waals surface area contributed by atoms with Gasteiger partial charge in [-0.05, 0) is 71.0 Å². The van der Waals surface area contributed by atoms with Crippen molar-refractivity contribution >= 4 is 24.2 Å². The van der Waals surface area contributed by atoms with Crippen LogP contribution in [-0.4, -0.2) is 24.5 Å². The lowest BCUT2D eigenvalue weighted by Crippen LogP contribution is -2.40. The lowest BCUT2D eigenvalue weighted by Gasteiger charge is -2.36. The van der Waals surface area contributed by atoms with E-state index in [0.717, 1.165) is 42.5 Å². The maximum Gasteiger partial charge on any atom is 0.191 e. The van der Waals surface area contributed by atoms with Crippen LogP contribution in [0.1, 0.15) is 50.4 Å². The standard InChI is InChI=1S/C21H30BrN3OSi/c1-21(2,3)27(4,5)26-11-7-6-8-19-14-24-16-25(19)15-17-9-10-18(13-23)20(22)12-17/h9-10,12,14,16H,6-8,11,15H2,1-5H3. The maximum atomic E-state index is 9.04. The van der Waals surface area contributed by atoms with E-state index in [-0.39, 0.29) is 5.04 Å². The largest absolute Gasteiger partial charge is 0.417 e. The molecule has 1 aromatic heterocycles. The zero-order chi connectivity index (χ0) is 20.1. The van der Waals surface area contributed by atoms with Crippen molar-refractivity contribution < 1.29 is 4.43 Å². The van der Waals surface area contributed by atoms with Gasteiger partial charge in [0.1, 0.15) is 6.07 Å². The number of benzene rings is 1. The maximum absolute atomic E-state index is 9.04. The third-order valence-electron chi connectivity index (χ3n) is 5.40. The van der Waals surface area contributed by atoms with E-state index in [9.17, 15) is 0 Å². The van der Waals surface area contributed by atoms with Crippen molar-refractivity contribution in [1.29, 1.82) is 5.26 Å². The van der Waals surface area contributed by atoms with Gasteiger partial charge < -0.3 is 8.99 Å². The van der Waals surface area contributed by atoms with E-state index in [1.54, 1.807) is 0 Å². The molecule has 0 aliphatic rings. The van der Waals surface area contributed by atoms with Gasteiger partial charge >= 0.3 is 0 Å². The first-order valence-corrected chi connectivity index (χ1v) is 13.2. The Morgan fingerprint density at radius 2 is 2.00 bits per heavy atom. The summed E-state index contributed by atoms with van der Waals surface area (Å²) in [5, 5.41) is 9.31. The molecule has 146 valence electrons. The molecule has 0 radical (unpaired) electrons. The zero-order valence-electron chi connectivity index (χ0n) is 17.1. The summed E-state index contributed by atoms with van der Waals surface area (Å²) in [7, 11) is -1.64. The van der Waals surface area contributed by atoms with Gasteiger partial charge in [0.15, 0.2) is 8.32 Å². The van der Waals surface area contributed by atoms with E-state index >= 15 is 0 Å². The molecule has 1 heterocycles. The summed E-state index contributed by atoms with van der Waals surface area (Å²) in [6, 6.07) is 8.04. The molecule has 2 aromatic rings. The molecule has 4 nitrogen and oxygen atoms in total. The van der Waals surface area contributed by atoms with Gasteiger partial charge in [-0.3, -0.25) is 0 Å². The number of imidazole rings is 1. The second kappa shape index (κ2) is 9.18. The second-order valence-corrected chi connectivity index (χ2v) is 14.2. The van der Waals surface area contributed by atoms with Crippen molar-refractivity contribution in [2.24, 2.45) is 0 Å². The summed E-state index contributed by atoms with van der Waals surface area (Å²) < 4.78 is 9.28. The number of hydrogen-bond acceptors (Lipinski definition) is 3. The molecule has 0 saturated carbocycles. The first kappa shape index (κ1) is 21.9. The normalized spacial score (nSPS) is 12.2. The molecule has 0 unspecified atom stereocenters. The molecule has 0 amide bonds. The Kier molecular flexibility index (Phi) is 7.44. The summed E-state index contributed by atoms with van der Waals surface area (Å²) in [6.07, 6.45) is 7.00. The van der Waals surface area contributed by atoms with Crippen LogP contribution in [0.4, 0.5) is 0 Å². The predicted molar refractivity (Wildman–Crippen MR) is 116 cm³/mol. The van der Waals surface area contributed by atoms with Crippen molar-refractivity contribution in [3.63, 3.8) is 0 Å². The van der Waals surface area contributed by atoms with Gasteiger partial charge in [0, 0.05) is 29.5 Å². The van der Waals surface area contributed by atoms with Crippen LogP contribution >= 0.6 is 15.9 Å². The molecule has 0 N–H and O–H groups in total. The summed E-state index contributed by atoms with van der Waals surface area (Å²) in [5.74, 6) is 0. The van der Waals surface area contributed by atoms with Gasteiger partial charge in [-0.15, -0.1) is 0 Å². The molecule has 0 spiro atoms. The zero-order valence-corrected chi connectivity index (χ0v) is 19.6. The van der Waals surface area contributed by atoms with Gasteiger partial charge in [-0.2, -0.15) is 5.26 Å². The Morgan fingerprint density at radius 1 is 1.26 bits per heavy atom. The number of unbranched alkanes of at least 4 members (excludes halogenated alkanes) is 1. The number of rotatable bonds is 8. The number of nitrogens with zero attached hydrogens (tertiary/aromatic N) is 3. The molecule has 0 atom stereocenters. The molecular weight excluding hydrogens is 418 g/mol. The molecule has 0 fully saturated rings. The van der Waals surface area contributed by atoms with Crippen LogP contribution in [0.5, 0.6) is 0 Å². The molecular formula is C21H30BrN3OSi. The van der Waals surface area contributed by atoms with E-state index in [1.165, 1.54) is 5.69 Å². The van der Waals surface area contributed by atoms with Crippen molar-refractivity contribution in [1.82, 2.24) is 9.55 Å². The van der Waals surface area contributed by atoms with Gasteiger partial charge in [0.05, 0.1) is 11.9 Å². The quantitative estimate of drug-likeness (QED) is 0.373. The van der Waals surface area contributed by atoms with Crippen LogP contribution in [0.3, 0.4) is 0 Å². The number of aromatic nitrogens is 2. The van der Waals surface area contributed by atoms with Crippen molar-refractivity contribution in [3.8, 4) is 6.07 Å². The summed E-state index contributed by atoms with van der Waals surface area (Å²) in [5.41, 5.74) is 3.05. The summed E-state index contributed by atoms with van der Waals surface area (Å²) in [6.45, 7) is 13.0. The third kappa shape index (κ3) is 6.03. The molecule has 27 heavy (non-hydrogen) atoms. The fraction of sp³-hybridized carbons (Fsp3) is 0.524. The molecule has 1 aromatic carbocycles. The number of nitriles is 1. The molecule has 0 aliphatic heterocycles. The minimum absolute atomic E-state index is 0.265. The summed E-state index contributed by atoms with van der Waals surface area (Å²) in [4.78, 5) is 4.32. The topological polar surface area (TPSA) is 50.8 Å². The number of halogens is 1. The average Bonchev–Trinajstić information content (AvgIpc) is 3.00. The third-order valence-corrected chi connectivity index (χ3v) is 10.6.